The molecule has 98 valence electrons. The van der Waals surface area contributed by atoms with Gasteiger partial charge in [-0.25, -0.2) is 9.97 Å². The monoisotopic (exact) mass is 248 g/mol. The van der Waals surface area contributed by atoms with Gasteiger partial charge in [0.25, 0.3) is 0 Å². The van der Waals surface area contributed by atoms with Crippen LogP contribution in [0, 0.1) is 13.8 Å². The standard InChI is InChI=1S/C14H20N2O2/c1-9-12(7-8-13(17)18)10(2)16-14(15-9)11-5-3-4-6-11/h11H,3-8H2,1-2H3,(H,17,18). The highest BCUT2D eigenvalue weighted by Gasteiger charge is 2.21. The van der Waals surface area contributed by atoms with Crippen molar-refractivity contribution in [2.45, 2.75) is 58.3 Å². The van der Waals surface area contributed by atoms with Gasteiger partial charge in [0.05, 0.1) is 0 Å². The quantitative estimate of drug-likeness (QED) is 0.890. The van der Waals surface area contributed by atoms with Crippen LogP contribution in [0.5, 0.6) is 0 Å². The van der Waals surface area contributed by atoms with Crippen molar-refractivity contribution in [2.75, 3.05) is 0 Å². The van der Waals surface area contributed by atoms with E-state index in [-0.39, 0.29) is 6.42 Å². The summed E-state index contributed by atoms with van der Waals surface area (Å²) in [6, 6.07) is 0. The topological polar surface area (TPSA) is 63.1 Å². The Morgan fingerprint density at radius 1 is 1.22 bits per heavy atom. The van der Waals surface area contributed by atoms with Crippen molar-refractivity contribution in [1.29, 1.82) is 0 Å². The van der Waals surface area contributed by atoms with Crippen LogP contribution in [0.4, 0.5) is 0 Å². The van der Waals surface area contributed by atoms with Crippen LogP contribution in [0.25, 0.3) is 0 Å². The van der Waals surface area contributed by atoms with Crippen LogP contribution in [0.15, 0.2) is 0 Å². The molecule has 0 unspecified atom stereocenters. The second-order valence-electron chi connectivity index (χ2n) is 5.11. The number of carboxylic acids is 1. The Bertz CT molecular complexity index is 428. The summed E-state index contributed by atoms with van der Waals surface area (Å²) < 4.78 is 0. The van der Waals surface area contributed by atoms with Crippen LogP contribution in [0.2, 0.25) is 0 Å². The van der Waals surface area contributed by atoms with Crippen molar-refractivity contribution in [2.24, 2.45) is 0 Å². The largest absolute Gasteiger partial charge is 0.481 e. The first-order valence-electron chi connectivity index (χ1n) is 6.63. The molecule has 2 rings (SSSR count). The fourth-order valence-electron chi connectivity index (χ4n) is 2.73. The zero-order chi connectivity index (χ0) is 13.1. The maximum atomic E-state index is 10.6. The molecule has 4 nitrogen and oxygen atoms in total. The highest BCUT2D eigenvalue weighted by atomic mass is 16.4. The Labute approximate surface area is 107 Å². The van der Waals surface area contributed by atoms with Crippen molar-refractivity contribution in [3.63, 3.8) is 0 Å². The van der Waals surface area contributed by atoms with E-state index in [0.29, 0.717) is 12.3 Å². The number of aliphatic carboxylic acids is 1. The molecule has 0 amide bonds. The molecule has 1 N–H and O–H groups in total. The van der Waals surface area contributed by atoms with Crippen molar-refractivity contribution in [1.82, 2.24) is 9.97 Å². The first kappa shape index (κ1) is 13.0. The van der Waals surface area contributed by atoms with E-state index < -0.39 is 5.97 Å². The van der Waals surface area contributed by atoms with Crippen LogP contribution >= 0.6 is 0 Å². The molecule has 18 heavy (non-hydrogen) atoms. The van der Waals surface area contributed by atoms with E-state index in [1.807, 2.05) is 13.8 Å². The lowest BCUT2D eigenvalue weighted by Gasteiger charge is -2.13. The number of rotatable bonds is 4. The predicted octanol–water partition coefficient (Wildman–Crippen LogP) is 2.77. The van der Waals surface area contributed by atoms with Crippen LogP contribution < -0.4 is 0 Å². The van der Waals surface area contributed by atoms with Crippen LogP contribution in [0.1, 0.15) is 60.8 Å². The van der Waals surface area contributed by atoms with Crippen LogP contribution in [0.3, 0.4) is 0 Å². The fourth-order valence-corrected chi connectivity index (χ4v) is 2.73. The number of carboxylic acid groups (broad SMARTS) is 1. The lowest BCUT2D eigenvalue weighted by Crippen LogP contribution is -2.09. The number of aryl methyl sites for hydroxylation is 2. The third-order valence-corrected chi connectivity index (χ3v) is 3.75. The van der Waals surface area contributed by atoms with E-state index >= 15 is 0 Å². The Hall–Kier alpha value is -1.45. The lowest BCUT2D eigenvalue weighted by atomic mass is 10.0. The molecule has 0 aromatic carbocycles. The Morgan fingerprint density at radius 3 is 2.28 bits per heavy atom. The average Bonchev–Trinajstić information content (AvgIpc) is 2.80. The fraction of sp³-hybridized carbons (Fsp3) is 0.643. The number of hydrogen-bond donors (Lipinski definition) is 1. The summed E-state index contributed by atoms with van der Waals surface area (Å²) in [4.78, 5) is 19.8. The molecule has 1 aromatic rings. The smallest absolute Gasteiger partial charge is 0.303 e. The van der Waals surface area contributed by atoms with Crippen LogP contribution in [-0.2, 0) is 11.2 Å². The van der Waals surface area contributed by atoms with Crippen molar-refractivity contribution in [3.05, 3.63) is 22.8 Å². The SMILES string of the molecule is Cc1nc(C2CCCC2)nc(C)c1CCC(=O)O. The van der Waals surface area contributed by atoms with Crippen molar-refractivity contribution < 1.29 is 9.90 Å². The number of hydrogen-bond acceptors (Lipinski definition) is 3. The van der Waals surface area contributed by atoms with Crippen LogP contribution in [-0.4, -0.2) is 21.0 Å². The number of carbonyl (C=O) groups is 1. The van der Waals surface area contributed by atoms with E-state index in [1.54, 1.807) is 0 Å². The molecular formula is C14H20N2O2. The normalized spacial score (nSPS) is 16.1. The van der Waals surface area contributed by atoms with Gasteiger partial charge in [0.15, 0.2) is 0 Å². The maximum Gasteiger partial charge on any atom is 0.303 e. The summed E-state index contributed by atoms with van der Waals surface area (Å²) in [5.74, 6) is 0.700. The van der Waals surface area contributed by atoms with Gasteiger partial charge in [-0.1, -0.05) is 12.8 Å². The molecule has 4 heteroatoms. The first-order valence-corrected chi connectivity index (χ1v) is 6.63. The molecule has 0 aliphatic heterocycles. The van der Waals surface area contributed by atoms with Gasteiger partial charge < -0.3 is 5.11 Å². The van der Waals surface area contributed by atoms with Gasteiger partial charge >= 0.3 is 5.97 Å². The Kier molecular flexibility index (Phi) is 3.94. The Balaban J connectivity index is 2.20. The van der Waals surface area contributed by atoms with Crippen molar-refractivity contribution >= 4 is 5.97 Å². The van der Waals surface area contributed by atoms with E-state index in [9.17, 15) is 4.79 Å². The highest BCUT2D eigenvalue weighted by molar-refractivity contribution is 5.67. The molecule has 0 saturated heterocycles. The molecule has 0 atom stereocenters. The minimum absolute atomic E-state index is 0.147. The molecule has 1 aliphatic rings. The first-order chi connectivity index (χ1) is 8.58. The molecule has 1 aromatic heterocycles. The zero-order valence-electron chi connectivity index (χ0n) is 11.1. The third-order valence-electron chi connectivity index (χ3n) is 3.75. The second-order valence-corrected chi connectivity index (χ2v) is 5.11. The molecule has 1 aliphatic carbocycles. The lowest BCUT2D eigenvalue weighted by molar-refractivity contribution is -0.136. The summed E-state index contributed by atoms with van der Waals surface area (Å²) in [6.07, 6.45) is 5.59. The summed E-state index contributed by atoms with van der Waals surface area (Å²) in [7, 11) is 0. The summed E-state index contributed by atoms with van der Waals surface area (Å²) >= 11 is 0. The predicted molar refractivity (Wildman–Crippen MR) is 68.7 cm³/mol. The van der Waals surface area contributed by atoms with E-state index in [0.717, 1.165) is 22.8 Å². The molecular weight excluding hydrogens is 228 g/mol. The second kappa shape index (κ2) is 5.46. The summed E-state index contributed by atoms with van der Waals surface area (Å²) in [5, 5.41) is 8.74. The van der Waals surface area contributed by atoms with E-state index in [2.05, 4.69) is 9.97 Å². The molecule has 1 heterocycles. The van der Waals surface area contributed by atoms with Crippen molar-refractivity contribution in [3.8, 4) is 0 Å². The van der Waals surface area contributed by atoms with E-state index in [1.165, 1.54) is 25.7 Å². The molecule has 0 spiro atoms. The maximum absolute atomic E-state index is 10.6. The molecule has 0 radical (unpaired) electrons. The minimum atomic E-state index is -0.770. The summed E-state index contributed by atoms with van der Waals surface area (Å²) in [5.41, 5.74) is 2.90. The molecule has 1 saturated carbocycles. The van der Waals surface area contributed by atoms with Gasteiger partial charge in [-0.2, -0.15) is 0 Å². The van der Waals surface area contributed by atoms with Gasteiger partial charge in [-0.3, -0.25) is 4.79 Å². The van der Waals surface area contributed by atoms with Gasteiger partial charge in [-0.05, 0) is 38.7 Å². The van der Waals surface area contributed by atoms with E-state index in [4.69, 9.17) is 5.11 Å². The Morgan fingerprint density at radius 2 is 1.78 bits per heavy atom. The molecule has 1 fully saturated rings. The average molecular weight is 248 g/mol. The molecule has 0 bridgehead atoms. The van der Waals surface area contributed by atoms with Gasteiger partial charge in [-0.15, -0.1) is 0 Å². The zero-order valence-corrected chi connectivity index (χ0v) is 11.1. The minimum Gasteiger partial charge on any atom is -0.481 e. The summed E-state index contributed by atoms with van der Waals surface area (Å²) in [6.45, 7) is 3.93. The highest BCUT2D eigenvalue weighted by Crippen LogP contribution is 2.32. The number of nitrogens with zero attached hydrogens (tertiary/aromatic N) is 2. The number of aromatic nitrogens is 2. The van der Waals surface area contributed by atoms with Gasteiger partial charge in [0.1, 0.15) is 5.82 Å². The van der Waals surface area contributed by atoms with Gasteiger partial charge in [0.2, 0.25) is 0 Å². The third kappa shape index (κ3) is 2.86. The van der Waals surface area contributed by atoms with Gasteiger partial charge in [0, 0.05) is 23.7 Å².